The van der Waals surface area contributed by atoms with Crippen molar-refractivity contribution in [2.24, 2.45) is 0 Å². The number of aromatic nitrogens is 1. The zero-order valence-corrected chi connectivity index (χ0v) is 22.5. The third kappa shape index (κ3) is 6.78. The van der Waals surface area contributed by atoms with Crippen molar-refractivity contribution in [3.8, 4) is 11.1 Å². The first-order chi connectivity index (χ1) is 19.0. The fourth-order valence-electron chi connectivity index (χ4n) is 5.30. The molecule has 0 amide bonds. The molecule has 1 aliphatic rings. The standard InChI is InChI=1S/C31H33FN2O6/c1-18(2)31-27(13-12-24(35)16-25(36)17-29(37)38)30(20-6-9-22(32)10-7-20)26-5-3-4-19-8-11-23(34(39)40)14-21(19)15-28(26)33-31/h6-14,18,24-25,35-36H,3-5,15-17H2,1-2H3,(H,37,38)/t24-,25-/m1/s1. The maximum Gasteiger partial charge on any atom is 0.305 e. The van der Waals surface area contributed by atoms with Gasteiger partial charge < -0.3 is 15.3 Å². The number of carboxylic acids is 1. The Kier molecular flexibility index (Phi) is 9.07. The number of nitrogens with zero attached hydrogens (tertiary/aromatic N) is 2. The van der Waals surface area contributed by atoms with Gasteiger partial charge in [0.2, 0.25) is 0 Å². The summed E-state index contributed by atoms with van der Waals surface area (Å²) in [6, 6.07) is 11.2. The van der Waals surface area contributed by atoms with Crippen molar-refractivity contribution in [2.75, 3.05) is 0 Å². The average Bonchev–Trinajstić information content (AvgIpc) is 2.87. The molecule has 0 radical (unpaired) electrons. The molecule has 0 saturated carbocycles. The smallest absolute Gasteiger partial charge is 0.305 e. The number of rotatable bonds is 9. The normalized spacial score (nSPS) is 14.8. The second-order valence-corrected chi connectivity index (χ2v) is 10.5. The third-order valence-electron chi connectivity index (χ3n) is 7.17. The molecule has 40 heavy (non-hydrogen) atoms. The average molecular weight is 549 g/mol. The van der Waals surface area contributed by atoms with Crippen LogP contribution in [0.2, 0.25) is 0 Å². The Hall–Kier alpha value is -3.95. The predicted molar refractivity (Wildman–Crippen MR) is 150 cm³/mol. The summed E-state index contributed by atoms with van der Waals surface area (Å²) in [6.07, 6.45) is 2.99. The molecule has 9 heteroatoms. The number of carbonyl (C=O) groups is 1. The summed E-state index contributed by atoms with van der Waals surface area (Å²) < 4.78 is 13.9. The summed E-state index contributed by atoms with van der Waals surface area (Å²) in [5, 5.41) is 40.9. The van der Waals surface area contributed by atoms with Crippen molar-refractivity contribution >= 4 is 17.7 Å². The van der Waals surface area contributed by atoms with Gasteiger partial charge in [0.05, 0.1) is 29.2 Å². The van der Waals surface area contributed by atoms with E-state index in [2.05, 4.69) is 0 Å². The van der Waals surface area contributed by atoms with Crippen LogP contribution in [0.4, 0.5) is 10.1 Å². The van der Waals surface area contributed by atoms with Gasteiger partial charge in [-0.2, -0.15) is 0 Å². The molecule has 3 N–H and O–H groups in total. The van der Waals surface area contributed by atoms with Crippen LogP contribution in [0.1, 0.15) is 72.7 Å². The lowest BCUT2D eigenvalue weighted by Gasteiger charge is -2.25. The zero-order chi connectivity index (χ0) is 29.0. The molecule has 0 bridgehead atoms. The van der Waals surface area contributed by atoms with Gasteiger partial charge in [0.25, 0.3) is 5.69 Å². The summed E-state index contributed by atoms with van der Waals surface area (Å²) in [4.78, 5) is 27.0. The molecule has 2 atom stereocenters. The van der Waals surface area contributed by atoms with Gasteiger partial charge in [-0.25, -0.2) is 4.39 Å². The van der Waals surface area contributed by atoms with Gasteiger partial charge in [-0.3, -0.25) is 19.9 Å². The number of nitro benzene ring substituents is 1. The Morgan fingerprint density at radius 3 is 2.50 bits per heavy atom. The molecule has 210 valence electrons. The van der Waals surface area contributed by atoms with E-state index in [-0.39, 0.29) is 23.8 Å². The first-order valence-corrected chi connectivity index (χ1v) is 13.4. The van der Waals surface area contributed by atoms with E-state index in [1.54, 1.807) is 24.3 Å². The molecule has 0 spiro atoms. The molecule has 0 saturated heterocycles. The van der Waals surface area contributed by atoms with Crippen molar-refractivity contribution in [1.29, 1.82) is 0 Å². The Morgan fingerprint density at radius 1 is 1.12 bits per heavy atom. The number of fused-ring (bicyclic) bond motifs is 2. The first-order valence-electron chi connectivity index (χ1n) is 13.4. The number of carboxylic acid groups (broad SMARTS) is 1. The molecule has 0 unspecified atom stereocenters. The summed E-state index contributed by atoms with van der Waals surface area (Å²) in [7, 11) is 0. The fourth-order valence-corrected chi connectivity index (χ4v) is 5.30. The highest BCUT2D eigenvalue weighted by Crippen LogP contribution is 2.38. The van der Waals surface area contributed by atoms with Gasteiger partial charge in [0.1, 0.15) is 5.82 Å². The zero-order valence-electron chi connectivity index (χ0n) is 22.5. The van der Waals surface area contributed by atoms with E-state index in [1.165, 1.54) is 24.3 Å². The molecule has 0 fully saturated rings. The van der Waals surface area contributed by atoms with E-state index >= 15 is 0 Å². The molecule has 3 aromatic rings. The van der Waals surface area contributed by atoms with Gasteiger partial charge in [-0.05, 0) is 65.1 Å². The Morgan fingerprint density at radius 2 is 1.85 bits per heavy atom. The van der Waals surface area contributed by atoms with Crippen molar-refractivity contribution in [3.63, 3.8) is 0 Å². The Bertz CT molecular complexity index is 1430. The number of benzene rings is 2. The highest BCUT2D eigenvalue weighted by atomic mass is 19.1. The number of aliphatic hydroxyl groups excluding tert-OH is 2. The van der Waals surface area contributed by atoms with Crippen molar-refractivity contribution < 1.29 is 29.4 Å². The maximum absolute atomic E-state index is 13.9. The molecule has 1 heterocycles. The molecule has 0 aliphatic heterocycles. The minimum Gasteiger partial charge on any atom is -0.481 e. The summed E-state index contributed by atoms with van der Waals surface area (Å²) >= 11 is 0. The van der Waals surface area contributed by atoms with Crippen molar-refractivity contribution in [3.05, 3.63) is 98.1 Å². The number of non-ortho nitro benzene ring substituents is 1. The van der Waals surface area contributed by atoms with Crippen LogP contribution >= 0.6 is 0 Å². The number of aryl methyl sites for hydroxylation is 1. The molecule has 4 rings (SSSR count). The molecule has 1 aromatic heterocycles. The van der Waals surface area contributed by atoms with E-state index in [1.807, 2.05) is 19.9 Å². The van der Waals surface area contributed by atoms with E-state index in [0.717, 1.165) is 57.6 Å². The lowest BCUT2D eigenvalue weighted by atomic mass is 9.83. The van der Waals surface area contributed by atoms with E-state index in [9.17, 15) is 29.5 Å². The maximum atomic E-state index is 13.9. The van der Waals surface area contributed by atoms with Crippen LogP contribution in [0, 0.1) is 15.9 Å². The largest absolute Gasteiger partial charge is 0.481 e. The number of nitro groups is 1. The Balaban J connectivity index is 1.87. The third-order valence-corrected chi connectivity index (χ3v) is 7.17. The van der Waals surface area contributed by atoms with Crippen LogP contribution in [0.15, 0.2) is 48.5 Å². The quantitative estimate of drug-likeness (QED) is 0.234. The first kappa shape index (κ1) is 29.0. The van der Waals surface area contributed by atoms with Gasteiger partial charge in [-0.1, -0.05) is 44.2 Å². The monoisotopic (exact) mass is 548 g/mol. The minimum atomic E-state index is -1.20. The molecule has 2 aromatic carbocycles. The summed E-state index contributed by atoms with van der Waals surface area (Å²) in [5.74, 6) is -1.55. The lowest BCUT2D eigenvalue weighted by molar-refractivity contribution is -0.384. The summed E-state index contributed by atoms with van der Waals surface area (Å²) in [6.45, 7) is 3.99. The molecular weight excluding hydrogens is 515 g/mol. The minimum absolute atomic E-state index is 0.0299. The molecule has 1 aliphatic carbocycles. The predicted octanol–water partition coefficient (Wildman–Crippen LogP) is 5.60. The highest BCUT2D eigenvalue weighted by molar-refractivity contribution is 5.80. The van der Waals surface area contributed by atoms with Crippen LogP contribution in [-0.4, -0.2) is 43.4 Å². The highest BCUT2D eigenvalue weighted by Gasteiger charge is 2.24. The second-order valence-electron chi connectivity index (χ2n) is 10.5. The second kappa shape index (κ2) is 12.5. The fraction of sp³-hybridized carbons (Fsp3) is 0.355. The number of halogens is 1. The Labute approximate surface area is 232 Å². The van der Waals surface area contributed by atoms with Gasteiger partial charge in [-0.15, -0.1) is 0 Å². The molecular formula is C31H33FN2O6. The van der Waals surface area contributed by atoms with Crippen molar-refractivity contribution in [1.82, 2.24) is 4.98 Å². The molecule has 8 nitrogen and oxygen atoms in total. The number of aliphatic hydroxyl groups is 2. The summed E-state index contributed by atoms with van der Waals surface area (Å²) in [5.41, 5.74) is 6.86. The van der Waals surface area contributed by atoms with Gasteiger partial charge >= 0.3 is 5.97 Å². The number of aliphatic carboxylic acids is 1. The van der Waals surface area contributed by atoms with E-state index in [0.29, 0.717) is 12.8 Å². The number of hydrogen-bond acceptors (Lipinski definition) is 6. The lowest BCUT2D eigenvalue weighted by Crippen LogP contribution is -2.19. The van der Waals surface area contributed by atoms with E-state index in [4.69, 9.17) is 10.1 Å². The van der Waals surface area contributed by atoms with Crippen LogP contribution in [0.5, 0.6) is 0 Å². The van der Waals surface area contributed by atoms with Gasteiger partial charge in [0, 0.05) is 36.2 Å². The van der Waals surface area contributed by atoms with Crippen molar-refractivity contribution in [2.45, 2.75) is 70.5 Å². The van der Waals surface area contributed by atoms with Crippen LogP contribution in [0.3, 0.4) is 0 Å². The SMILES string of the molecule is CC(C)c1nc2c(c(-c3ccc(F)cc3)c1C=C[C@@H](O)C[C@@H](O)CC(=O)O)CCCc1ccc([N+](=O)[O-])cc1C2. The van der Waals surface area contributed by atoms with Crippen LogP contribution < -0.4 is 0 Å². The number of pyridine rings is 1. The van der Waals surface area contributed by atoms with E-state index < -0.39 is 29.5 Å². The van der Waals surface area contributed by atoms with Crippen LogP contribution in [0.25, 0.3) is 17.2 Å². The van der Waals surface area contributed by atoms with Crippen LogP contribution in [-0.2, 0) is 24.1 Å². The number of hydrogen-bond donors (Lipinski definition) is 3. The topological polar surface area (TPSA) is 134 Å². The van der Waals surface area contributed by atoms with Gasteiger partial charge in [0.15, 0.2) is 0 Å².